The second-order valence-corrected chi connectivity index (χ2v) is 14.8. The normalized spacial score (nSPS) is 12.3. The first-order valence-corrected chi connectivity index (χ1v) is 18.3. The summed E-state index contributed by atoms with van der Waals surface area (Å²) in [5.74, 6) is 0. The highest BCUT2D eigenvalue weighted by molar-refractivity contribution is 7.26. The lowest BCUT2D eigenvalue weighted by Crippen LogP contribution is -1.93. The van der Waals surface area contributed by atoms with Gasteiger partial charge in [0.2, 0.25) is 0 Å². The molecule has 0 radical (unpaired) electrons. The Hall–Kier alpha value is -6.42. The lowest BCUT2D eigenvalue weighted by Gasteiger charge is -2.10. The number of hydrogen-bond donors (Lipinski definition) is 0. The number of benzene rings is 8. The maximum Gasteiger partial charge on any atom is 0.0620 e. The molecule has 51 heavy (non-hydrogen) atoms. The molecule has 12 rings (SSSR count). The van der Waals surface area contributed by atoms with Crippen molar-refractivity contribution in [2.75, 3.05) is 0 Å². The fourth-order valence-electron chi connectivity index (χ4n) is 8.81. The van der Waals surface area contributed by atoms with Crippen molar-refractivity contribution in [3.63, 3.8) is 0 Å². The fraction of sp³-hybridized carbons (Fsp3) is 0. The fourth-order valence-corrected chi connectivity index (χ4v) is 10.1. The van der Waals surface area contributed by atoms with Crippen LogP contribution in [0.15, 0.2) is 170 Å². The van der Waals surface area contributed by atoms with Crippen LogP contribution in [0.3, 0.4) is 0 Å². The summed E-state index contributed by atoms with van der Waals surface area (Å²) in [5, 5.41) is 10.4. The smallest absolute Gasteiger partial charge is 0.0620 e. The van der Waals surface area contributed by atoms with E-state index < -0.39 is 0 Å². The molecule has 0 aliphatic rings. The van der Waals surface area contributed by atoms with Crippen molar-refractivity contribution in [3.05, 3.63) is 170 Å². The lowest BCUT2D eigenvalue weighted by molar-refractivity contribution is 1.18. The van der Waals surface area contributed by atoms with Crippen LogP contribution in [0.4, 0.5) is 0 Å². The Balaban J connectivity index is 1.02. The van der Waals surface area contributed by atoms with Crippen molar-refractivity contribution in [2.45, 2.75) is 0 Å². The Kier molecular flexibility index (Phi) is 5.41. The molecule has 4 heterocycles. The number of aromatic nitrogens is 2. The van der Waals surface area contributed by atoms with Crippen LogP contribution >= 0.6 is 11.3 Å². The number of nitrogens with zero attached hydrogens (tertiary/aromatic N) is 2. The molecule has 2 nitrogen and oxygen atoms in total. The Morgan fingerprint density at radius 3 is 1.63 bits per heavy atom. The summed E-state index contributed by atoms with van der Waals surface area (Å²) >= 11 is 1.89. The van der Waals surface area contributed by atoms with E-state index in [1.165, 1.54) is 102 Å². The molecule has 0 bridgehead atoms. The molecule has 0 aliphatic carbocycles. The van der Waals surface area contributed by atoms with Crippen LogP contribution in [-0.4, -0.2) is 8.97 Å². The number of thiophene rings is 1. The molecule has 0 unspecified atom stereocenters. The molecule has 0 aliphatic heterocycles. The van der Waals surface area contributed by atoms with Crippen molar-refractivity contribution in [1.82, 2.24) is 8.97 Å². The van der Waals surface area contributed by atoms with Gasteiger partial charge in [0, 0.05) is 58.2 Å². The van der Waals surface area contributed by atoms with E-state index in [-0.39, 0.29) is 0 Å². The zero-order chi connectivity index (χ0) is 33.2. The third-order valence-corrected chi connectivity index (χ3v) is 12.3. The first-order valence-electron chi connectivity index (χ1n) is 17.5. The molecular weight excluding hydrogens is 637 g/mol. The van der Waals surface area contributed by atoms with Crippen molar-refractivity contribution in [1.29, 1.82) is 0 Å². The maximum absolute atomic E-state index is 2.44. The summed E-state index contributed by atoms with van der Waals surface area (Å²) < 4.78 is 7.55. The Labute approximate surface area is 297 Å². The van der Waals surface area contributed by atoms with Gasteiger partial charge in [0.25, 0.3) is 0 Å². The molecule has 8 aromatic carbocycles. The van der Waals surface area contributed by atoms with Gasteiger partial charge in [-0.25, -0.2) is 0 Å². The largest absolute Gasteiger partial charge is 0.309 e. The van der Waals surface area contributed by atoms with E-state index in [0.717, 1.165) is 5.69 Å². The minimum absolute atomic E-state index is 1.16. The Morgan fingerprint density at radius 2 is 0.902 bits per heavy atom. The molecule has 3 heteroatoms. The van der Waals surface area contributed by atoms with Crippen molar-refractivity contribution in [2.24, 2.45) is 0 Å². The Bertz CT molecular complexity index is 3270. The zero-order valence-corrected chi connectivity index (χ0v) is 28.3. The van der Waals surface area contributed by atoms with Gasteiger partial charge in [-0.3, -0.25) is 0 Å². The van der Waals surface area contributed by atoms with Gasteiger partial charge in [-0.2, -0.15) is 0 Å². The molecule has 0 fully saturated rings. The van der Waals surface area contributed by atoms with Gasteiger partial charge in [0.1, 0.15) is 0 Å². The van der Waals surface area contributed by atoms with Gasteiger partial charge in [0.15, 0.2) is 0 Å². The summed E-state index contributed by atoms with van der Waals surface area (Å²) in [7, 11) is 0. The van der Waals surface area contributed by atoms with Crippen LogP contribution in [0.2, 0.25) is 0 Å². The summed E-state index contributed by atoms with van der Waals surface area (Å²) in [4.78, 5) is 0. The second-order valence-electron chi connectivity index (χ2n) is 13.7. The summed E-state index contributed by atoms with van der Waals surface area (Å²) in [6.07, 6.45) is 0. The van der Waals surface area contributed by atoms with Crippen LogP contribution in [0.25, 0.3) is 108 Å². The standard InChI is InChI=1S/C48H28N2S/c1-5-16-42-34(10-1)39-26-30(33-14-9-15-38-37-13-4-8-19-46(37)51-48(33)38)22-25-45(39)49(42)32-23-20-29(21-24-32)31-27-40-35-11-2-6-17-43(35)50-44-18-7-3-12-36(44)41(28-31)47(40)50/h1-28H. The lowest BCUT2D eigenvalue weighted by atomic mass is 9.99. The van der Waals surface area contributed by atoms with E-state index in [4.69, 9.17) is 0 Å². The molecule has 4 aromatic heterocycles. The predicted octanol–water partition coefficient (Wildman–Crippen LogP) is 13.6. The molecule has 0 amide bonds. The van der Waals surface area contributed by atoms with E-state index in [0.29, 0.717) is 0 Å². The molecule has 0 saturated heterocycles. The van der Waals surface area contributed by atoms with Gasteiger partial charge in [0.05, 0.1) is 27.6 Å². The Morgan fingerprint density at radius 1 is 0.353 bits per heavy atom. The van der Waals surface area contributed by atoms with Gasteiger partial charge < -0.3 is 8.97 Å². The first-order chi connectivity index (χ1) is 25.3. The van der Waals surface area contributed by atoms with Crippen LogP contribution in [-0.2, 0) is 0 Å². The number of rotatable bonds is 3. The van der Waals surface area contributed by atoms with Gasteiger partial charge >= 0.3 is 0 Å². The molecule has 0 N–H and O–H groups in total. The molecule has 236 valence electrons. The molecule has 0 atom stereocenters. The van der Waals surface area contributed by atoms with E-state index in [1.807, 2.05) is 11.3 Å². The van der Waals surface area contributed by atoms with Crippen molar-refractivity contribution in [3.8, 4) is 27.9 Å². The summed E-state index contributed by atoms with van der Waals surface area (Å²) in [6.45, 7) is 0. The molecule has 0 spiro atoms. The highest BCUT2D eigenvalue weighted by Crippen LogP contribution is 2.44. The summed E-state index contributed by atoms with van der Waals surface area (Å²) in [6, 6.07) is 62.9. The minimum atomic E-state index is 1.16. The van der Waals surface area contributed by atoms with Crippen molar-refractivity contribution >= 4 is 91.4 Å². The SMILES string of the molecule is c1ccc2c(c1)sc1c(-c3ccc4c(c3)c3ccccc3n4-c3ccc(-c4cc5c6ccccc6n6c7ccccc7c(c4)c56)cc3)cccc12. The van der Waals surface area contributed by atoms with Crippen LogP contribution in [0.1, 0.15) is 0 Å². The quantitative estimate of drug-likeness (QED) is 0.178. The number of hydrogen-bond acceptors (Lipinski definition) is 1. The monoisotopic (exact) mass is 664 g/mol. The van der Waals surface area contributed by atoms with Crippen LogP contribution in [0, 0.1) is 0 Å². The van der Waals surface area contributed by atoms with Crippen LogP contribution in [0.5, 0.6) is 0 Å². The zero-order valence-electron chi connectivity index (χ0n) is 27.5. The maximum atomic E-state index is 2.44. The highest BCUT2D eigenvalue weighted by atomic mass is 32.1. The van der Waals surface area contributed by atoms with E-state index in [9.17, 15) is 0 Å². The predicted molar refractivity (Wildman–Crippen MR) is 219 cm³/mol. The van der Waals surface area contributed by atoms with Crippen LogP contribution < -0.4 is 0 Å². The third kappa shape index (κ3) is 3.71. The van der Waals surface area contributed by atoms with Gasteiger partial charge in [-0.05, 0) is 82.9 Å². The molecule has 12 aromatic rings. The second kappa shape index (κ2) is 10.1. The highest BCUT2D eigenvalue weighted by Gasteiger charge is 2.19. The van der Waals surface area contributed by atoms with Crippen molar-refractivity contribution < 1.29 is 0 Å². The molecule has 0 saturated carbocycles. The minimum Gasteiger partial charge on any atom is -0.309 e. The first kappa shape index (κ1) is 27.4. The van der Waals surface area contributed by atoms with E-state index in [2.05, 4.69) is 179 Å². The van der Waals surface area contributed by atoms with E-state index in [1.54, 1.807) is 0 Å². The number of para-hydroxylation sites is 3. The van der Waals surface area contributed by atoms with Gasteiger partial charge in [-0.15, -0.1) is 11.3 Å². The average Bonchev–Trinajstić information content (AvgIpc) is 3.93. The van der Waals surface area contributed by atoms with E-state index >= 15 is 0 Å². The molecular formula is C48H28N2S. The third-order valence-electron chi connectivity index (χ3n) is 11.1. The summed E-state index contributed by atoms with van der Waals surface area (Å²) in [5.41, 5.74) is 12.5. The number of fused-ring (bicyclic) bond motifs is 12. The topological polar surface area (TPSA) is 9.34 Å². The van der Waals surface area contributed by atoms with Gasteiger partial charge in [-0.1, -0.05) is 109 Å². The average molecular weight is 665 g/mol.